The van der Waals surface area contributed by atoms with Crippen molar-refractivity contribution in [1.82, 2.24) is 4.31 Å². The van der Waals surface area contributed by atoms with Crippen LogP contribution in [0, 0.1) is 5.92 Å². The fourth-order valence-electron chi connectivity index (χ4n) is 4.30. The number of amides is 1. The highest BCUT2D eigenvalue weighted by Crippen LogP contribution is 2.32. The Morgan fingerprint density at radius 3 is 2.28 bits per heavy atom. The first-order valence-corrected chi connectivity index (χ1v) is 11.8. The van der Waals surface area contributed by atoms with Crippen molar-refractivity contribution in [3.8, 4) is 0 Å². The van der Waals surface area contributed by atoms with Gasteiger partial charge in [0.1, 0.15) is 0 Å². The van der Waals surface area contributed by atoms with E-state index in [0.717, 1.165) is 24.2 Å². The highest BCUT2D eigenvalue weighted by Gasteiger charge is 2.35. The summed E-state index contributed by atoms with van der Waals surface area (Å²) in [5, 5.41) is 0. The van der Waals surface area contributed by atoms with E-state index in [1.54, 1.807) is 12.1 Å². The van der Waals surface area contributed by atoms with Crippen LogP contribution in [0.3, 0.4) is 0 Å². The fraction of sp³-hybridized carbons (Fsp3) is 0.435. The molecule has 1 saturated heterocycles. The number of piperidine rings is 1. The number of nitrogens with zero attached hydrogens (tertiary/aromatic N) is 2. The molecule has 1 amide bonds. The van der Waals surface area contributed by atoms with E-state index in [1.165, 1.54) is 9.87 Å². The maximum atomic E-state index is 13.0. The average molecular weight is 413 g/mol. The van der Waals surface area contributed by atoms with Gasteiger partial charge in [0.25, 0.3) is 0 Å². The molecule has 0 atom stereocenters. The number of rotatable bonds is 4. The minimum absolute atomic E-state index is 0.115. The van der Waals surface area contributed by atoms with Crippen molar-refractivity contribution in [2.24, 2.45) is 5.92 Å². The van der Waals surface area contributed by atoms with Gasteiger partial charge in [-0.1, -0.05) is 44.2 Å². The van der Waals surface area contributed by atoms with Gasteiger partial charge in [-0.25, -0.2) is 8.42 Å². The van der Waals surface area contributed by atoms with Crippen LogP contribution in [0.15, 0.2) is 53.4 Å². The third kappa shape index (κ3) is 3.83. The maximum Gasteiger partial charge on any atom is 0.243 e. The number of anilines is 1. The van der Waals surface area contributed by atoms with E-state index >= 15 is 0 Å². The normalized spacial score (nSPS) is 18.2. The molecule has 29 heavy (non-hydrogen) atoms. The summed E-state index contributed by atoms with van der Waals surface area (Å²) in [5.74, 6) is 0.383. The molecule has 154 valence electrons. The Labute approximate surface area is 173 Å². The molecule has 4 rings (SSSR count). The Kier molecular flexibility index (Phi) is 5.49. The van der Waals surface area contributed by atoms with Crippen molar-refractivity contribution in [3.63, 3.8) is 0 Å². The summed E-state index contributed by atoms with van der Waals surface area (Å²) in [7, 11) is -3.51. The number of fused-ring (bicyclic) bond motifs is 1. The summed E-state index contributed by atoms with van der Waals surface area (Å²) < 4.78 is 27.5. The molecular weight excluding hydrogens is 384 g/mol. The Morgan fingerprint density at radius 2 is 1.62 bits per heavy atom. The Bertz CT molecular complexity index is 991. The molecule has 0 radical (unpaired) electrons. The summed E-state index contributed by atoms with van der Waals surface area (Å²) in [4.78, 5) is 15.3. The monoisotopic (exact) mass is 412 g/mol. The molecule has 1 fully saturated rings. The Morgan fingerprint density at radius 1 is 0.966 bits per heavy atom. The van der Waals surface area contributed by atoms with Gasteiger partial charge in [0.05, 0.1) is 4.90 Å². The molecule has 2 aliphatic rings. The van der Waals surface area contributed by atoms with Crippen molar-refractivity contribution >= 4 is 21.6 Å². The lowest BCUT2D eigenvalue weighted by molar-refractivity contribution is -0.123. The average Bonchev–Trinajstić information content (AvgIpc) is 3.17. The lowest BCUT2D eigenvalue weighted by Crippen LogP contribution is -2.44. The zero-order valence-corrected chi connectivity index (χ0v) is 17.9. The topological polar surface area (TPSA) is 57.7 Å². The molecule has 0 N–H and O–H groups in total. The molecule has 2 heterocycles. The highest BCUT2D eigenvalue weighted by molar-refractivity contribution is 7.89. The van der Waals surface area contributed by atoms with Gasteiger partial charge in [0.15, 0.2) is 0 Å². The summed E-state index contributed by atoms with van der Waals surface area (Å²) >= 11 is 0. The fourth-order valence-corrected chi connectivity index (χ4v) is 5.77. The van der Waals surface area contributed by atoms with Gasteiger partial charge >= 0.3 is 0 Å². The summed E-state index contributed by atoms with van der Waals surface area (Å²) in [5.41, 5.74) is 3.35. The first-order valence-electron chi connectivity index (χ1n) is 10.4. The second kappa shape index (κ2) is 7.92. The maximum absolute atomic E-state index is 13.0. The molecule has 2 aliphatic heterocycles. The first-order chi connectivity index (χ1) is 13.9. The number of hydrogen-bond donors (Lipinski definition) is 0. The minimum atomic E-state index is -3.51. The van der Waals surface area contributed by atoms with E-state index in [1.807, 2.05) is 35.2 Å². The van der Waals surface area contributed by atoms with Crippen LogP contribution in [0.1, 0.15) is 43.7 Å². The van der Waals surface area contributed by atoms with Crippen molar-refractivity contribution in [1.29, 1.82) is 0 Å². The third-order valence-electron chi connectivity index (χ3n) is 6.14. The number of carbonyl (C=O) groups excluding carboxylic acids is 1. The quantitative estimate of drug-likeness (QED) is 0.767. The molecule has 0 unspecified atom stereocenters. The van der Waals surface area contributed by atoms with Crippen LogP contribution in [0.4, 0.5) is 5.69 Å². The van der Waals surface area contributed by atoms with Gasteiger partial charge in [-0.3, -0.25) is 4.79 Å². The second-order valence-corrected chi connectivity index (χ2v) is 10.2. The molecular formula is C23H28N2O3S. The summed E-state index contributed by atoms with van der Waals surface area (Å²) in [6, 6.07) is 15.2. The lowest BCUT2D eigenvalue weighted by atomic mass is 9.96. The summed E-state index contributed by atoms with van der Waals surface area (Å²) in [6.07, 6.45) is 2.03. The number of hydrogen-bond acceptors (Lipinski definition) is 3. The zero-order valence-electron chi connectivity index (χ0n) is 17.0. The van der Waals surface area contributed by atoms with E-state index in [-0.39, 0.29) is 11.8 Å². The van der Waals surface area contributed by atoms with Gasteiger partial charge in [0, 0.05) is 31.2 Å². The molecule has 6 heteroatoms. The van der Waals surface area contributed by atoms with Crippen LogP contribution >= 0.6 is 0 Å². The molecule has 5 nitrogen and oxygen atoms in total. The van der Waals surface area contributed by atoms with Crippen molar-refractivity contribution < 1.29 is 13.2 Å². The van der Waals surface area contributed by atoms with Crippen LogP contribution < -0.4 is 4.90 Å². The van der Waals surface area contributed by atoms with Gasteiger partial charge in [-0.05, 0) is 54.5 Å². The van der Waals surface area contributed by atoms with Crippen LogP contribution in [-0.4, -0.2) is 38.3 Å². The predicted octanol–water partition coefficient (Wildman–Crippen LogP) is 3.80. The zero-order chi connectivity index (χ0) is 20.6. The van der Waals surface area contributed by atoms with Gasteiger partial charge in [-0.15, -0.1) is 0 Å². The van der Waals surface area contributed by atoms with Crippen LogP contribution in [0.5, 0.6) is 0 Å². The summed E-state index contributed by atoms with van der Waals surface area (Å²) in [6.45, 7) is 5.67. The van der Waals surface area contributed by atoms with Crippen LogP contribution in [0.25, 0.3) is 0 Å². The number of para-hydroxylation sites is 1. The molecule has 2 aromatic carbocycles. The largest absolute Gasteiger partial charge is 0.312 e. The Balaban J connectivity index is 1.42. The third-order valence-corrected chi connectivity index (χ3v) is 8.05. The predicted molar refractivity (Wildman–Crippen MR) is 115 cm³/mol. The number of sulfonamides is 1. The second-order valence-electron chi connectivity index (χ2n) is 8.27. The van der Waals surface area contributed by atoms with Crippen molar-refractivity contribution in [3.05, 3.63) is 59.7 Å². The van der Waals surface area contributed by atoms with Gasteiger partial charge in [-0.2, -0.15) is 4.31 Å². The lowest BCUT2D eigenvalue weighted by Gasteiger charge is -2.32. The molecule has 0 bridgehead atoms. The number of carbonyl (C=O) groups is 1. The molecule has 0 saturated carbocycles. The first kappa shape index (κ1) is 20.1. The molecule has 2 aromatic rings. The van der Waals surface area contributed by atoms with E-state index < -0.39 is 10.0 Å². The smallest absolute Gasteiger partial charge is 0.243 e. The highest BCUT2D eigenvalue weighted by atomic mass is 32.2. The van der Waals surface area contributed by atoms with Gasteiger partial charge in [0.2, 0.25) is 15.9 Å². The SMILES string of the molecule is CC(C)c1ccc(S(=O)(=O)N2CCC(C(=O)N3CCc4ccccc43)CC2)cc1. The van der Waals surface area contributed by atoms with Crippen molar-refractivity contribution in [2.45, 2.75) is 43.9 Å². The van der Waals surface area contributed by atoms with Gasteiger partial charge < -0.3 is 4.90 Å². The van der Waals surface area contributed by atoms with Crippen LogP contribution in [0.2, 0.25) is 0 Å². The molecule has 0 spiro atoms. The van der Waals surface area contributed by atoms with E-state index in [4.69, 9.17) is 0 Å². The van der Waals surface area contributed by atoms with Crippen LogP contribution in [-0.2, 0) is 21.2 Å². The molecule has 0 aromatic heterocycles. The van der Waals surface area contributed by atoms with E-state index in [2.05, 4.69) is 19.9 Å². The Hall–Kier alpha value is -2.18. The minimum Gasteiger partial charge on any atom is -0.312 e. The van der Waals surface area contributed by atoms with E-state index in [0.29, 0.717) is 36.7 Å². The standard InChI is InChI=1S/C23H28N2O3S/c1-17(2)18-7-9-21(10-8-18)29(27,28)24-14-11-20(12-15-24)23(26)25-16-13-19-5-3-4-6-22(19)25/h3-10,17,20H,11-16H2,1-2H3. The van der Waals surface area contributed by atoms with E-state index in [9.17, 15) is 13.2 Å². The molecule has 0 aliphatic carbocycles. The van der Waals surface area contributed by atoms with Crippen molar-refractivity contribution in [2.75, 3.05) is 24.5 Å². The number of benzene rings is 2.